The van der Waals surface area contributed by atoms with Crippen molar-refractivity contribution in [3.05, 3.63) is 74.7 Å². The molecule has 4 rings (SSSR count). The predicted molar refractivity (Wildman–Crippen MR) is 125 cm³/mol. The van der Waals surface area contributed by atoms with Crippen LogP contribution in [-0.4, -0.2) is 38.6 Å². The summed E-state index contributed by atoms with van der Waals surface area (Å²) in [4.78, 5) is 25.6. The van der Waals surface area contributed by atoms with Crippen LogP contribution in [0.2, 0.25) is 5.02 Å². The monoisotopic (exact) mass is 485 g/mol. The van der Waals surface area contributed by atoms with Gasteiger partial charge in [0.1, 0.15) is 22.4 Å². The summed E-state index contributed by atoms with van der Waals surface area (Å²) in [5, 5.41) is 19.4. The average Bonchev–Trinajstić information content (AvgIpc) is 3.48. The second-order valence-corrected chi connectivity index (χ2v) is 9.44. The minimum atomic E-state index is -0.856. The van der Waals surface area contributed by atoms with Crippen molar-refractivity contribution in [3.63, 3.8) is 0 Å². The molecule has 1 aromatic heterocycles. The second kappa shape index (κ2) is 10.8. The summed E-state index contributed by atoms with van der Waals surface area (Å²) < 4.78 is 5.81. The van der Waals surface area contributed by atoms with Crippen molar-refractivity contribution >= 4 is 34.8 Å². The Balaban J connectivity index is 1.32. The van der Waals surface area contributed by atoms with Crippen molar-refractivity contribution in [2.75, 3.05) is 6.54 Å². The largest absolute Gasteiger partial charge is 0.489 e. The second-order valence-electron chi connectivity index (χ2n) is 7.91. The van der Waals surface area contributed by atoms with Crippen LogP contribution in [0, 0.1) is 0 Å². The van der Waals surface area contributed by atoms with Crippen LogP contribution in [0.15, 0.2) is 48.5 Å². The van der Waals surface area contributed by atoms with Crippen LogP contribution in [0.4, 0.5) is 0 Å². The summed E-state index contributed by atoms with van der Waals surface area (Å²) >= 11 is 7.31. The molecule has 1 saturated heterocycles. The fourth-order valence-corrected chi connectivity index (χ4v) is 4.88. The molecule has 1 atom stereocenters. The van der Waals surface area contributed by atoms with E-state index in [2.05, 4.69) is 10.2 Å². The van der Waals surface area contributed by atoms with E-state index in [1.165, 1.54) is 11.3 Å². The number of aliphatic carboxylic acids is 1. The number of rotatable bonds is 9. The lowest BCUT2D eigenvalue weighted by molar-refractivity contribution is -0.137. The zero-order valence-corrected chi connectivity index (χ0v) is 19.5. The number of aromatic nitrogens is 2. The van der Waals surface area contributed by atoms with Gasteiger partial charge in [0.2, 0.25) is 5.91 Å². The van der Waals surface area contributed by atoms with Gasteiger partial charge in [-0.25, -0.2) is 0 Å². The summed E-state index contributed by atoms with van der Waals surface area (Å²) in [7, 11) is 0. The molecular formula is C24H24ClN3O4S. The number of aryl methyl sites for hydroxylation is 1. The van der Waals surface area contributed by atoms with E-state index in [1.807, 2.05) is 53.4 Å². The number of benzene rings is 2. The number of ether oxygens (including phenoxy) is 1. The zero-order valence-electron chi connectivity index (χ0n) is 17.9. The topological polar surface area (TPSA) is 92.6 Å². The number of nitrogens with zero attached hydrogens (tertiary/aromatic N) is 3. The van der Waals surface area contributed by atoms with Crippen LogP contribution in [0.1, 0.15) is 46.4 Å². The third-order valence-corrected chi connectivity index (χ3v) is 6.83. The van der Waals surface area contributed by atoms with Gasteiger partial charge in [0.05, 0.1) is 18.9 Å². The number of halogens is 1. The minimum Gasteiger partial charge on any atom is -0.489 e. The van der Waals surface area contributed by atoms with Gasteiger partial charge in [-0.15, -0.1) is 10.2 Å². The van der Waals surface area contributed by atoms with Crippen molar-refractivity contribution < 1.29 is 19.4 Å². The molecule has 0 bridgehead atoms. The fourth-order valence-electron chi connectivity index (χ4n) is 3.77. The highest BCUT2D eigenvalue weighted by Crippen LogP contribution is 2.34. The van der Waals surface area contributed by atoms with Crippen molar-refractivity contribution in [2.24, 2.45) is 0 Å². The van der Waals surface area contributed by atoms with E-state index < -0.39 is 5.97 Å². The van der Waals surface area contributed by atoms with Crippen molar-refractivity contribution in [1.82, 2.24) is 15.1 Å². The first kappa shape index (κ1) is 23.2. The number of hydrogen-bond acceptors (Lipinski definition) is 6. The molecule has 2 aromatic carbocycles. The van der Waals surface area contributed by atoms with Crippen LogP contribution >= 0.6 is 22.9 Å². The maximum absolute atomic E-state index is 13.0. The molecule has 0 saturated carbocycles. The Morgan fingerprint density at radius 2 is 1.82 bits per heavy atom. The summed E-state index contributed by atoms with van der Waals surface area (Å²) in [6.07, 6.45) is 2.45. The van der Waals surface area contributed by atoms with Gasteiger partial charge in [-0.3, -0.25) is 9.59 Å². The predicted octanol–water partition coefficient (Wildman–Crippen LogP) is 4.69. The number of amides is 1. The highest BCUT2D eigenvalue weighted by Gasteiger charge is 2.32. The molecule has 1 amide bonds. The third-order valence-electron chi connectivity index (χ3n) is 5.49. The zero-order chi connectivity index (χ0) is 23.2. The molecule has 1 N–H and O–H groups in total. The number of hydrogen-bond donors (Lipinski definition) is 1. The Morgan fingerprint density at radius 3 is 2.55 bits per heavy atom. The molecular weight excluding hydrogens is 462 g/mol. The first-order valence-electron chi connectivity index (χ1n) is 10.8. The lowest BCUT2D eigenvalue weighted by Crippen LogP contribution is -2.31. The van der Waals surface area contributed by atoms with Gasteiger partial charge in [-0.2, -0.15) is 0 Å². The molecule has 1 aliphatic heterocycles. The lowest BCUT2D eigenvalue weighted by Gasteiger charge is -2.23. The Morgan fingerprint density at radius 1 is 1.09 bits per heavy atom. The number of carboxylic acid groups (broad SMARTS) is 1. The smallest absolute Gasteiger partial charge is 0.303 e. The molecule has 0 radical (unpaired) electrons. The molecule has 0 spiro atoms. The molecule has 1 aliphatic rings. The number of carbonyl (C=O) groups excluding carboxylic acids is 1. The van der Waals surface area contributed by atoms with Crippen LogP contribution in [0.25, 0.3) is 0 Å². The molecule has 3 aromatic rings. The maximum atomic E-state index is 13.0. The van der Waals surface area contributed by atoms with Crippen LogP contribution in [0.5, 0.6) is 5.75 Å². The molecule has 1 unspecified atom stereocenters. The first-order chi connectivity index (χ1) is 16.0. The molecule has 9 heteroatoms. The van der Waals surface area contributed by atoms with Gasteiger partial charge in [0.15, 0.2) is 0 Å². The Kier molecular flexibility index (Phi) is 7.57. The van der Waals surface area contributed by atoms with Gasteiger partial charge in [-0.1, -0.05) is 47.2 Å². The fraction of sp³-hybridized carbons (Fsp3) is 0.333. The molecule has 0 aliphatic carbocycles. The van der Waals surface area contributed by atoms with Crippen molar-refractivity contribution in [3.8, 4) is 5.75 Å². The molecule has 1 fully saturated rings. The third kappa shape index (κ3) is 6.30. The molecule has 172 valence electrons. The highest BCUT2D eigenvalue weighted by molar-refractivity contribution is 7.11. The van der Waals surface area contributed by atoms with Crippen LogP contribution in [-0.2, 0) is 29.0 Å². The van der Waals surface area contributed by atoms with Crippen LogP contribution in [0.3, 0.4) is 0 Å². The van der Waals surface area contributed by atoms with E-state index in [0.29, 0.717) is 36.0 Å². The number of carboxylic acids is 1. The standard InChI is InChI=1S/C24H24ClN3O4S/c25-18-7-3-17(4-8-18)15-32-19-9-5-16(6-10-19)14-22(29)28-13-1-2-20(28)24-27-26-21(33-24)11-12-23(30)31/h3-10,20H,1-2,11-15H2,(H,30,31). The SMILES string of the molecule is O=C(O)CCc1nnc(C2CCCN2C(=O)Cc2ccc(OCc3ccc(Cl)cc3)cc2)s1. The van der Waals surface area contributed by atoms with Crippen LogP contribution < -0.4 is 4.74 Å². The Bertz CT molecular complexity index is 1100. The quantitative estimate of drug-likeness (QED) is 0.472. The summed E-state index contributed by atoms with van der Waals surface area (Å²) in [5.74, 6) is -0.0663. The van der Waals surface area contributed by atoms with E-state index in [0.717, 1.165) is 34.7 Å². The van der Waals surface area contributed by atoms with Gasteiger partial charge in [0, 0.05) is 18.0 Å². The Labute approximate surface area is 201 Å². The lowest BCUT2D eigenvalue weighted by atomic mass is 10.1. The van der Waals surface area contributed by atoms with Gasteiger partial charge in [-0.05, 0) is 48.2 Å². The maximum Gasteiger partial charge on any atom is 0.303 e. The molecule has 33 heavy (non-hydrogen) atoms. The average molecular weight is 486 g/mol. The van der Waals surface area contributed by atoms with Crippen molar-refractivity contribution in [1.29, 1.82) is 0 Å². The van der Waals surface area contributed by atoms with E-state index in [9.17, 15) is 9.59 Å². The highest BCUT2D eigenvalue weighted by atomic mass is 35.5. The summed E-state index contributed by atoms with van der Waals surface area (Å²) in [6, 6.07) is 15.0. The van der Waals surface area contributed by atoms with E-state index in [1.54, 1.807) is 0 Å². The van der Waals surface area contributed by atoms with Crippen molar-refractivity contribution in [2.45, 2.75) is 44.8 Å². The molecule has 2 heterocycles. The summed E-state index contributed by atoms with van der Waals surface area (Å²) in [5.41, 5.74) is 1.95. The minimum absolute atomic E-state index is 0.0291. The van der Waals surface area contributed by atoms with Gasteiger partial charge < -0.3 is 14.7 Å². The number of carbonyl (C=O) groups is 2. The Hall–Kier alpha value is -2.97. The first-order valence-corrected chi connectivity index (χ1v) is 12.0. The molecule has 7 nitrogen and oxygen atoms in total. The summed E-state index contributed by atoms with van der Waals surface area (Å²) in [6.45, 7) is 1.14. The van der Waals surface area contributed by atoms with Gasteiger partial charge in [0.25, 0.3) is 0 Å². The normalized spacial score (nSPS) is 15.5. The van der Waals surface area contributed by atoms with E-state index >= 15 is 0 Å². The number of likely N-dealkylation sites (tertiary alicyclic amines) is 1. The van der Waals surface area contributed by atoms with Gasteiger partial charge >= 0.3 is 5.97 Å². The van der Waals surface area contributed by atoms with E-state index in [4.69, 9.17) is 21.4 Å². The van der Waals surface area contributed by atoms with E-state index in [-0.39, 0.29) is 18.4 Å².